The molecule has 0 aliphatic rings. The Morgan fingerprint density at radius 2 is 2.35 bits per heavy atom. The number of hydrogen-bond acceptors (Lipinski definition) is 3. The van der Waals surface area contributed by atoms with Crippen LogP contribution >= 0.6 is 0 Å². The molecular formula is C13H20N4O3. The Labute approximate surface area is 117 Å². The van der Waals surface area contributed by atoms with E-state index in [1.807, 2.05) is 6.92 Å². The first-order chi connectivity index (χ1) is 9.54. The van der Waals surface area contributed by atoms with Gasteiger partial charge in [0.1, 0.15) is 6.54 Å². The molecule has 0 aliphatic carbocycles. The van der Waals surface area contributed by atoms with Crippen LogP contribution in [0.1, 0.15) is 17.7 Å². The van der Waals surface area contributed by atoms with Gasteiger partial charge in [-0.3, -0.25) is 9.89 Å². The topological polar surface area (TPSA) is 98.3 Å². The molecule has 0 atom stereocenters. The summed E-state index contributed by atoms with van der Waals surface area (Å²) in [6, 6.07) is -0.392. The Kier molecular flexibility index (Phi) is 6.28. The monoisotopic (exact) mass is 280 g/mol. The van der Waals surface area contributed by atoms with Crippen molar-refractivity contribution in [2.45, 2.75) is 19.8 Å². The molecule has 0 bridgehead atoms. The number of hydrogen-bond donors (Lipinski definition) is 3. The van der Waals surface area contributed by atoms with Crippen LogP contribution in [0.25, 0.3) is 0 Å². The van der Waals surface area contributed by atoms with E-state index in [-0.39, 0.29) is 13.1 Å². The quantitative estimate of drug-likeness (QED) is 0.487. The fraction of sp³-hybridized carbons (Fsp3) is 0.462. The summed E-state index contributed by atoms with van der Waals surface area (Å²) in [5, 5.41) is 18.2. The molecule has 0 spiro atoms. The van der Waals surface area contributed by atoms with Gasteiger partial charge in [0.25, 0.3) is 0 Å². The second kappa shape index (κ2) is 7.98. The highest BCUT2D eigenvalue weighted by Gasteiger charge is 2.14. The third-order valence-corrected chi connectivity index (χ3v) is 2.80. The van der Waals surface area contributed by atoms with Gasteiger partial charge < -0.3 is 15.3 Å². The van der Waals surface area contributed by atoms with Crippen molar-refractivity contribution in [3.8, 4) is 0 Å². The minimum absolute atomic E-state index is 0.207. The van der Waals surface area contributed by atoms with E-state index in [1.54, 1.807) is 6.20 Å². The number of aliphatic carboxylic acids is 1. The fourth-order valence-electron chi connectivity index (χ4n) is 1.75. The van der Waals surface area contributed by atoms with Crippen LogP contribution < -0.4 is 5.32 Å². The van der Waals surface area contributed by atoms with Crippen LogP contribution in [0.3, 0.4) is 0 Å². The minimum Gasteiger partial charge on any atom is -0.480 e. The lowest BCUT2D eigenvalue weighted by atomic mass is 10.1. The van der Waals surface area contributed by atoms with Gasteiger partial charge in [-0.25, -0.2) is 4.79 Å². The molecule has 1 heterocycles. The molecule has 7 heteroatoms. The van der Waals surface area contributed by atoms with Crippen LogP contribution in [0.2, 0.25) is 0 Å². The van der Waals surface area contributed by atoms with Crippen LogP contribution in [-0.2, 0) is 11.2 Å². The molecule has 0 radical (unpaired) electrons. The van der Waals surface area contributed by atoms with Crippen LogP contribution in [0.4, 0.5) is 4.79 Å². The van der Waals surface area contributed by atoms with E-state index in [0.29, 0.717) is 6.54 Å². The van der Waals surface area contributed by atoms with Gasteiger partial charge in [-0.1, -0.05) is 6.08 Å². The average molecular weight is 280 g/mol. The SMILES string of the molecule is C=CCN(CC(=O)O)C(=O)NCCCc1cn[nH]c1C. The van der Waals surface area contributed by atoms with Gasteiger partial charge >= 0.3 is 12.0 Å². The van der Waals surface area contributed by atoms with Gasteiger partial charge in [0.05, 0.1) is 6.20 Å². The van der Waals surface area contributed by atoms with Crippen molar-refractivity contribution >= 4 is 12.0 Å². The Bertz CT molecular complexity index is 470. The number of rotatable bonds is 8. The molecule has 110 valence electrons. The molecule has 2 amide bonds. The van der Waals surface area contributed by atoms with Crippen LogP contribution in [0.15, 0.2) is 18.9 Å². The number of carbonyl (C=O) groups excluding carboxylic acids is 1. The van der Waals surface area contributed by atoms with Gasteiger partial charge in [0.15, 0.2) is 0 Å². The third-order valence-electron chi connectivity index (χ3n) is 2.80. The first-order valence-electron chi connectivity index (χ1n) is 6.39. The summed E-state index contributed by atoms with van der Waals surface area (Å²) in [6.45, 7) is 5.80. The number of carboxylic acids is 1. The molecule has 0 fully saturated rings. The van der Waals surface area contributed by atoms with E-state index in [1.165, 1.54) is 11.0 Å². The van der Waals surface area contributed by atoms with Crippen molar-refractivity contribution in [1.29, 1.82) is 0 Å². The van der Waals surface area contributed by atoms with Crippen molar-refractivity contribution in [2.75, 3.05) is 19.6 Å². The number of aryl methyl sites for hydroxylation is 2. The first-order valence-corrected chi connectivity index (χ1v) is 6.39. The van der Waals surface area contributed by atoms with E-state index in [2.05, 4.69) is 22.1 Å². The number of H-pyrrole nitrogens is 1. The highest BCUT2D eigenvalue weighted by Crippen LogP contribution is 2.05. The zero-order valence-corrected chi connectivity index (χ0v) is 11.6. The third kappa shape index (κ3) is 5.13. The fourth-order valence-corrected chi connectivity index (χ4v) is 1.75. The predicted molar refractivity (Wildman–Crippen MR) is 74.5 cm³/mol. The largest absolute Gasteiger partial charge is 0.480 e. The van der Waals surface area contributed by atoms with E-state index >= 15 is 0 Å². The average Bonchev–Trinajstić information content (AvgIpc) is 2.79. The maximum absolute atomic E-state index is 11.8. The number of aromatic nitrogens is 2. The predicted octanol–water partition coefficient (Wildman–Crippen LogP) is 0.933. The highest BCUT2D eigenvalue weighted by molar-refractivity contribution is 5.80. The summed E-state index contributed by atoms with van der Waals surface area (Å²) >= 11 is 0. The zero-order valence-electron chi connectivity index (χ0n) is 11.6. The number of aromatic amines is 1. The lowest BCUT2D eigenvalue weighted by molar-refractivity contribution is -0.137. The molecule has 1 rings (SSSR count). The molecule has 20 heavy (non-hydrogen) atoms. The van der Waals surface area contributed by atoms with Crippen molar-refractivity contribution in [3.63, 3.8) is 0 Å². The van der Waals surface area contributed by atoms with Gasteiger partial charge in [0.2, 0.25) is 0 Å². The van der Waals surface area contributed by atoms with E-state index in [9.17, 15) is 9.59 Å². The second-order valence-corrected chi connectivity index (χ2v) is 4.42. The molecular weight excluding hydrogens is 260 g/mol. The van der Waals surface area contributed by atoms with Gasteiger partial charge in [-0.05, 0) is 25.3 Å². The molecule has 0 saturated carbocycles. The van der Waals surface area contributed by atoms with Crippen molar-refractivity contribution in [2.24, 2.45) is 0 Å². The lowest BCUT2D eigenvalue weighted by Gasteiger charge is -2.19. The molecule has 7 nitrogen and oxygen atoms in total. The van der Waals surface area contributed by atoms with Gasteiger partial charge in [0, 0.05) is 18.8 Å². The number of urea groups is 1. The maximum Gasteiger partial charge on any atom is 0.323 e. The van der Waals surface area contributed by atoms with Crippen molar-refractivity contribution < 1.29 is 14.7 Å². The van der Waals surface area contributed by atoms with Crippen LogP contribution in [0.5, 0.6) is 0 Å². The second-order valence-electron chi connectivity index (χ2n) is 4.42. The Morgan fingerprint density at radius 3 is 2.90 bits per heavy atom. The molecule has 0 saturated heterocycles. The summed E-state index contributed by atoms with van der Waals surface area (Å²) in [5.74, 6) is -1.05. The summed E-state index contributed by atoms with van der Waals surface area (Å²) in [5.41, 5.74) is 2.14. The molecule has 1 aromatic rings. The lowest BCUT2D eigenvalue weighted by Crippen LogP contribution is -2.43. The summed E-state index contributed by atoms with van der Waals surface area (Å²) in [6.07, 6.45) is 4.84. The minimum atomic E-state index is -1.05. The van der Waals surface area contributed by atoms with Crippen molar-refractivity contribution in [1.82, 2.24) is 20.4 Å². The Morgan fingerprint density at radius 1 is 1.60 bits per heavy atom. The number of nitrogens with one attached hydrogen (secondary N) is 2. The summed E-state index contributed by atoms with van der Waals surface area (Å²) in [7, 11) is 0. The first kappa shape index (κ1) is 15.7. The van der Waals surface area contributed by atoms with E-state index in [4.69, 9.17) is 5.11 Å². The van der Waals surface area contributed by atoms with Crippen LogP contribution in [0, 0.1) is 6.92 Å². The molecule has 0 aliphatic heterocycles. The molecule has 1 aromatic heterocycles. The highest BCUT2D eigenvalue weighted by atomic mass is 16.4. The normalized spacial score (nSPS) is 10.1. The number of carbonyl (C=O) groups is 2. The van der Waals surface area contributed by atoms with Crippen LogP contribution in [-0.4, -0.2) is 51.8 Å². The van der Waals surface area contributed by atoms with E-state index < -0.39 is 12.0 Å². The summed E-state index contributed by atoms with van der Waals surface area (Å²) < 4.78 is 0. The Balaban J connectivity index is 2.32. The maximum atomic E-state index is 11.8. The van der Waals surface area contributed by atoms with Crippen molar-refractivity contribution in [3.05, 3.63) is 30.1 Å². The molecule has 3 N–H and O–H groups in total. The smallest absolute Gasteiger partial charge is 0.323 e. The molecule has 0 aromatic carbocycles. The van der Waals surface area contributed by atoms with Gasteiger partial charge in [-0.2, -0.15) is 5.10 Å². The van der Waals surface area contributed by atoms with Gasteiger partial charge in [-0.15, -0.1) is 6.58 Å². The zero-order chi connectivity index (χ0) is 15.0. The number of carboxylic acid groups (broad SMARTS) is 1. The standard InChI is InChI=1S/C13H20N4O3/c1-3-7-17(9-12(18)19)13(20)14-6-4-5-11-8-15-16-10(11)2/h3,8H,1,4-7,9H2,2H3,(H,14,20)(H,15,16)(H,18,19). The molecule has 0 unspecified atom stereocenters. The Hall–Kier alpha value is -2.31. The number of nitrogens with zero attached hydrogens (tertiary/aromatic N) is 2. The summed E-state index contributed by atoms with van der Waals surface area (Å²) in [4.78, 5) is 23.6. The number of amides is 2. The van der Waals surface area contributed by atoms with E-state index in [0.717, 1.165) is 24.1 Å².